The smallest absolute Gasteiger partial charge is 0.128 e. The molecule has 0 saturated heterocycles. The molecular weight excluding hydrogens is 291 g/mol. The average Bonchev–Trinajstić information content (AvgIpc) is 2.72. The van der Waals surface area contributed by atoms with Gasteiger partial charge >= 0.3 is 0 Å². The Balaban J connectivity index is 2.33. The van der Waals surface area contributed by atoms with Gasteiger partial charge in [0.25, 0.3) is 0 Å². The van der Waals surface area contributed by atoms with Crippen molar-refractivity contribution in [2.24, 2.45) is 12.9 Å². The SMILES string of the molecule is CCc1nn(C)c(CC(NN)c2ccc(C)cc2F)c1Cl. The first-order valence-corrected chi connectivity index (χ1v) is 7.28. The highest BCUT2D eigenvalue weighted by Gasteiger charge is 2.20. The van der Waals surface area contributed by atoms with Gasteiger partial charge in [0.1, 0.15) is 5.82 Å². The summed E-state index contributed by atoms with van der Waals surface area (Å²) in [6, 6.07) is 4.76. The quantitative estimate of drug-likeness (QED) is 0.659. The van der Waals surface area contributed by atoms with Gasteiger partial charge in [-0.25, -0.2) is 4.39 Å². The normalized spacial score (nSPS) is 12.7. The summed E-state index contributed by atoms with van der Waals surface area (Å²) in [5, 5.41) is 5.00. The van der Waals surface area contributed by atoms with Crippen LogP contribution in [0.5, 0.6) is 0 Å². The van der Waals surface area contributed by atoms with E-state index in [1.54, 1.807) is 10.7 Å². The molecule has 0 aliphatic rings. The first-order valence-electron chi connectivity index (χ1n) is 6.90. The van der Waals surface area contributed by atoms with Crippen LogP contribution in [0.4, 0.5) is 4.39 Å². The van der Waals surface area contributed by atoms with Crippen molar-refractivity contribution in [2.75, 3.05) is 0 Å². The van der Waals surface area contributed by atoms with Crippen molar-refractivity contribution in [2.45, 2.75) is 32.7 Å². The van der Waals surface area contributed by atoms with Gasteiger partial charge in [-0.1, -0.05) is 30.7 Å². The Bertz CT molecular complexity index is 639. The Labute approximate surface area is 129 Å². The van der Waals surface area contributed by atoms with Crippen molar-refractivity contribution < 1.29 is 4.39 Å². The fourth-order valence-corrected chi connectivity index (χ4v) is 2.78. The third-order valence-electron chi connectivity index (χ3n) is 3.63. The summed E-state index contributed by atoms with van der Waals surface area (Å²) in [6.07, 6.45) is 1.23. The van der Waals surface area contributed by atoms with Crippen LogP contribution in [0.25, 0.3) is 0 Å². The van der Waals surface area contributed by atoms with E-state index >= 15 is 0 Å². The number of aryl methyl sites for hydroxylation is 3. The number of nitrogens with zero attached hydrogens (tertiary/aromatic N) is 2. The van der Waals surface area contributed by atoms with Gasteiger partial charge in [0.05, 0.1) is 22.5 Å². The lowest BCUT2D eigenvalue weighted by Gasteiger charge is -2.18. The van der Waals surface area contributed by atoms with E-state index < -0.39 is 0 Å². The Morgan fingerprint density at radius 1 is 1.48 bits per heavy atom. The average molecular weight is 311 g/mol. The number of aromatic nitrogens is 2. The van der Waals surface area contributed by atoms with Crippen LogP contribution in [0.1, 0.15) is 35.5 Å². The van der Waals surface area contributed by atoms with Gasteiger partial charge in [-0.3, -0.25) is 16.0 Å². The molecule has 0 spiro atoms. The summed E-state index contributed by atoms with van der Waals surface area (Å²) < 4.78 is 15.8. The molecule has 0 amide bonds. The number of nitrogens with two attached hydrogens (primary N) is 1. The number of hydrogen-bond donors (Lipinski definition) is 2. The van der Waals surface area contributed by atoms with Gasteiger partial charge in [-0.2, -0.15) is 5.10 Å². The van der Waals surface area contributed by atoms with Crippen molar-refractivity contribution in [1.29, 1.82) is 0 Å². The predicted octanol–water partition coefficient (Wildman–Crippen LogP) is 2.83. The second kappa shape index (κ2) is 6.56. The first kappa shape index (κ1) is 15.9. The fourth-order valence-electron chi connectivity index (χ4n) is 2.41. The molecule has 2 rings (SSSR count). The minimum Gasteiger partial charge on any atom is -0.271 e. The maximum absolute atomic E-state index is 14.1. The van der Waals surface area contributed by atoms with Crippen molar-refractivity contribution in [3.63, 3.8) is 0 Å². The molecule has 114 valence electrons. The van der Waals surface area contributed by atoms with Crippen molar-refractivity contribution in [3.8, 4) is 0 Å². The lowest BCUT2D eigenvalue weighted by Crippen LogP contribution is -2.31. The van der Waals surface area contributed by atoms with Crippen LogP contribution in [0.2, 0.25) is 5.02 Å². The molecule has 1 heterocycles. The minimum atomic E-state index is -0.358. The number of halogens is 2. The Morgan fingerprint density at radius 3 is 2.71 bits per heavy atom. The summed E-state index contributed by atoms with van der Waals surface area (Å²) in [6.45, 7) is 3.85. The molecule has 0 aliphatic carbocycles. The van der Waals surface area contributed by atoms with Gasteiger partial charge in [0.15, 0.2) is 0 Å². The molecule has 1 atom stereocenters. The van der Waals surface area contributed by atoms with Crippen LogP contribution in [-0.4, -0.2) is 9.78 Å². The van der Waals surface area contributed by atoms with Crippen molar-refractivity contribution in [1.82, 2.24) is 15.2 Å². The van der Waals surface area contributed by atoms with E-state index in [0.717, 1.165) is 23.4 Å². The molecule has 6 heteroatoms. The number of hydrazine groups is 1. The third-order valence-corrected chi connectivity index (χ3v) is 4.07. The fraction of sp³-hybridized carbons (Fsp3) is 0.400. The van der Waals surface area contributed by atoms with Gasteiger partial charge < -0.3 is 0 Å². The standard InChI is InChI=1S/C15H20ClFN4/c1-4-12-15(16)14(21(3)20-12)8-13(19-18)10-6-5-9(2)7-11(10)17/h5-7,13,19H,4,8,18H2,1-3H3. The number of hydrogen-bond acceptors (Lipinski definition) is 3. The van der Waals surface area contributed by atoms with Crippen molar-refractivity contribution >= 4 is 11.6 Å². The molecular formula is C15H20ClFN4. The van der Waals surface area contributed by atoms with Crippen LogP contribution in [0.3, 0.4) is 0 Å². The van der Waals surface area contributed by atoms with E-state index in [1.165, 1.54) is 6.07 Å². The predicted molar refractivity (Wildman–Crippen MR) is 82.5 cm³/mol. The molecule has 1 unspecified atom stereocenters. The lowest BCUT2D eigenvalue weighted by molar-refractivity contribution is 0.497. The van der Waals surface area contributed by atoms with Crippen molar-refractivity contribution in [3.05, 3.63) is 51.6 Å². The second-order valence-electron chi connectivity index (χ2n) is 5.13. The summed E-state index contributed by atoms with van der Waals surface area (Å²) >= 11 is 6.34. The number of rotatable bonds is 5. The summed E-state index contributed by atoms with van der Waals surface area (Å²) in [5.74, 6) is 5.34. The van der Waals surface area contributed by atoms with E-state index in [2.05, 4.69) is 10.5 Å². The first-order chi connectivity index (χ1) is 9.97. The molecule has 2 aromatic rings. The van der Waals surface area contributed by atoms with E-state index in [1.807, 2.05) is 27.0 Å². The largest absolute Gasteiger partial charge is 0.271 e. The maximum Gasteiger partial charge on any atom is 0.128 e. The highest BCUT2D eigenvalue weighted by atomic mass is 35.5. The van der Waals surface area contributed by atoms with Gasteiger partial charge in [0, 0.05) is 19.0 Å². The Morgan fingerprint density at radius 2 is 2.19 bits per heavy atom. The molecule has 0 radical (unpaired) electrons. The highest BCUT2D eigenvalue weighted by Crippen LogP contribution is 2.27. The molecule has 0 bridgehead atoms. The summed E-state index contributed by atoms with van der Waals surface area (Å²) in [7, 11) is 1.83. The second-order valence-corrected chi connectivity index (χ2v) is 5.51. The van der Waals surface area contributed by atoms with Gasteiger partial charge in [-0.15, -0.1) is 0 Å². The monoisotopic (exact) mass is 310 g/mol. The third kappa shape index (κ3) is 3.26. The number of nitrogens with one attached hydrogen (secondary N) is 1. The zero-order chi connectivity index (χ0) is 15.6. The summed E-state index contributed by atoms with van der Waals surface area (Å²) in [5.41, 5.74) is 5.76. The van der Waals surface area contributed by atoms with Gasteiger partial charge in [0.2, 0.25) is 0 Å². The lowest BCUT2D eigenvalue weighted by atomic mass is 10.0. The van der Waals surface area contributed by atoms with Crippen LogP contribution >= 0.6 is 11.6 Å². The van der Waals surface area contributed by atoms with E-state index in [9.17, 15) is 4.39 Å². The molecule has 0 aliphatic heterocycles. The molecule has 0 fully saturated rings. The van der Waals surface area contributed by atoms with Crippen LogP contribution in [0.15, 0.2) is 18.2 Å². The Kier molecular flexibility index (Phi) is 4.98. The molecule has 21 heavy (non-hydrogen) atoms. The van der Waals surface area contributed by atoms with E-state index in [-0.39, 0.29) is 11.9 Å². The Hall–Kier alpha value is -1.43. The van der Waals surface area contributed by atoms with Gasteiger partial charge in [-0.05, 0) is 25.0 Å². The number of benzene rings is 1. The molecule has 1 aromatic carbocycles. The summed E-state index contributed by atoms with van der Waals surface area (Å²) in [4.78, 5) is 0. The highest BCUT2D eigenvalue weighted by molar-refractivity contribution is 6.31. The molecule has 3 N–H and O–H groups in total. The molecule has 1 aromatic heterocycles. The minimum absolute atomic E-state index is 0.271. The van der Waals surface area contributed by atoms with E-state index in [0.29, 0.717) is 17.0 Å². The molecule has 0 saturated carbocycles. The zero-order valence-electron chi connectivity index (χ0n) is 12.5. The van der Waals surface area contributed by atoms with Crippen LogP contribution in [-0.2, 0) is 19.9 Å². The van der Waals surface area contributed by atoms with E-state index in [4.69, 9.17) is 17.4 Å². The van der Waals surface area contributed by atoms with Crippen LogP contribution in [0, 0.1) is 12.7 Å². The topological polar surface area (TPSA) is 55.9 Å². The molecule has 4 nitrogen and oxygen atoms in total. The maximum atomic E-state index is 14.1. The van der Waals surface area contributed by atoms with Crippen LogP contribution < -0.4 is 11.3 Å². The zero-order valence-corrected chi connectivity index (χ0v) is 13.2.